The number of aldehydes is 1. The third-order valence-corrected chi connectivity index (χ3v) is 8.51. The highest BCUT2D eigenvalue weighted by Crippen LogP contribution is 2.37. The van der Waals surface area contributed by atoms with Gasteiger partial charge in [-0.1, -0.05) is 20.8 Å². The predicted octanol–water partition coefficient (Wildman–Crippen LogP) is 4.27. The molecule has 0 aromatic heterocycles. The van der Waals surface area contributed by atoms with E-state index in [-0.39, 0.29) is 17.9 Å². The van der Waals surface area contributed by atoms with E-state index in [0.29, 0.717) is 6.42 Å². The molecule has 0 aliphatic heterocycles. The van der Waals surface area contributed by atoms with Crippen LogP contribution in [-0.4, -0.2) is 34.6 Å². The Bertz CT molecular complexity index is 332. The van der Waals surface area contributed by atoms with Crippen LogP contribution >= 0.6 is 0 Å². The number of hydrogen-bond donors (Lipinski definition) is 0. The maximum atomic E-state index is 10.5. The monoisotopic (exact) mass is 316 g/mol. The second-order valence-corrected chi connectivity index (χ2v) is 11.6. The summed E-state index contributed by atoms with van der Waals surface area (Å²) < 4.78 is 16.7. The molecule has 5 heteroatoms. The van der Waals surface area contributed by atoms with Gasteiger partial charge < -0.3 is 18.7 Å². The Labute approximate surface area is 131 Å². The van der Waals surface area contributed by atoms with Crippen LogP contribution in [-0.2, 0) is 18.7 Å². The van der Waals surface area contributed by atoms with E-state index in [1.54, 1.807) is 7.11 Å². The molecule has 0 rings (SSSR count). The van der Waals surface area contributed by atoms with E-state index in [1.165, 1.54) is 0 Å². The van der Waals surface area contributed by atoms with Gasteiger partial charge in [0.05, 0.1) is 5.76 Å². The Kier molecular flexibility index (Phi) is 9.09. The summed E-state index contributed by atoms with van der Waals surface area (Å²) in [6.45, 7) is 13.5. The maximum Gasteiger partial charge on any atom is 0.192 e. The largest absolute Gasteiger partial charge is 0.472 e. The van der Waals surface area contributed by atoms with E-state index in [0.717, 1.165) is 24.9 Å². The van der Waals surface area contributed by atoms with Crippen LogP contribution in [0.25, 0.3) is 0 Å². The predicted molar refractivity (Wildman–Crippen MR) is 88.7 cm³/mol. The van der Waals surface area contributed by atoms with Gasteiger partial charge in [-0.15, -0.1) is 0 Å². The molecular formula is C16H32O4Si. The molecule has 0 fully saturated rings. The number of ether oxygens (including phenoxy) is 2. The number of hydrogen-bond acceptors (Lipinski definition) is 4. The van der Waals surface area contributed by atoms with Gasteiger partial charge in [-0.3, -0.25) is 0 Å². The second-order valence-electron chi connectivity index (χ2n) is 6.85. The zero-order valence-corrected chi connectivity index (χ0v) is 15.7. The number of carbonyl (C=O) groups is 1. The van der Waals surface area contributed by atoms with E-state index in [4.69, 9.17) is 13.9 Å². The first kappa shape index (κ1) is 20.3. The molecule has 0 amide bonds. The number of carbonyl (C=O) groups excluding carboxylic acids is 1. The first-order valence-corrected chi connectivity index (χ1v) is 10.5. The summed E-state index contributed by atoms with van der Waals surface area (Å²) in [4.78, 5) is 10.5. The third kappa shape index (κ3) is 8.39. The Morgan fingerprint density at radius 2 is 1.90 bits per heavy atom. The number of rotatable bonds is 10. The van der Waals surface area contributed by atoms with Crippen LogP contribution in [0, 0.1) is 0 Å². The minimum Gasteiger partial charge on any atom is -0.472 e. The van der Waals surface area contributed by atoms with E-state index in [1.807, 2.05) is 6.08 Å². The van der Waals surface area contributed by atoms with Gasteiger partial charge in [0.1, 0.15) is 6.29 Å². The normalized spacial score (nSPS) is 14.9. The summed E-state index contributed by atoms with van der Waals surface area (Å²) in [6, 6.07) is 0. The lowest BCUT2D eigenvalue weighted by Gasteiger charge is -2.38. The van der Waals surface area contributed by atoms with Gasteiger partial charge in [0.15, 0.2) is 15.1 Å². The summed E-state index contributed by atoms with van der Waals surface area (Å²) >= 11 is 0. The molecule has 0 aliphatic rings. The lowest BCUT2D eigenvalue weighted by Crippen LogP contribution is -2.43. The molecule has 0 saturated heterocycles. The summed E-state index contributed by atoms with van der Waals surface area (Å²) in [5.74, 6) is 0.801. The average Bonchev–Trinajstić information content (AvgIpc) is 2.36. The second kappa shape index (κ2) is 9.38. The summed E-state index contributed by atoms with van der Waals surface area (Å²) in [7, 11) is -0.148. The Morgan fingerprint density at radius 3 is 2.38 bits per heavy atom. The van der Waals surface area contributed by atoms with Crippen LogP contribution in [0.4, 0.5) is 0 Å². The molecule has 0 unspecified atom stereocenters. The van der Waals surface area contributed by atoms with Crippen LogP contribution in [0.1, 0.15) is 47.0 Å². The van der Waals surface area contributed by atoms with Crippen molar-refractivity contribution in [3.8, 4) is 0 Å². The van der Waals surface area contributed by atoms with Crippen molar-refractivity contribution < 1.29 is 18.7 Å². The summed E-state index contributed by atoms with van der Waals surface area (Å²) in [6.07, 6.45) is 4.86. The summed E-state index contributed by atoms with van der Waals surface area (Å²) in [5.41, 5.74) is 0. The van der Waals surface area contributed by atoms with Crippen molar-refractivity contribution in [2.24, 2.45) is 0 Å². The molecule has 0 spiro atoms. The van der Waals surface area contributed by atoms with Crippen molar-refractivity contribution in [3.05, 3.63) is 11.8 Å². The number of methoxy groups -OCH3 is 1. The van der Waals surface area contributed by atoms with E-state index in [2.05, 4.69) is 40.8 Å². The SMILES string of the molecule is COCO/C(=C\CC=O)CC[C@@H](C)O[Si](C)(C)C(C)(C)C. The molecule has 4 nitrogen and oxygen atoms in total. The highest BCUT2D eigenvalue weighted by molar-refractivity contribution is 6.74. The lowest BCUT2D eigenvalue weighted by atomic mass is 10.2. The third-order valence-electron chi connectivity index (χ3n) is 3.90. The van der Waals surface area contributed by atoms with Gasteiger partial charge in [0.25, 0.3) is 0 Å². The van der Waals surface area contributed by atoms with Crippen molar-refractivity contribution in [1.29, 1.82) is 0 Å². The molecule has 1 atom stereocenters. The standard InChI is InChI=1S/C16H32O4Si/c1-14(20-21(6,7)16(2,3)4)10-11-15(9-8-12-17)19-13-18-5/h9,12,14H,8,10-11,13H2,1-7H3/b15-9-/t14-/m1/s1. The topological polar surface area (TPSA) is 44.8 Å². The highest BCUT2D eigenvalue weighted by atomic mass is 28.4. The van der Waals surface area contributed by atoms with Gasteiger partial charge in [0, 0.05) is 26.1 Å². The Balaban J connectivity index is 4.42. The molecular weight excluding hydrogens is 284 g/mol. The van der Waals surface area contributed by atoms with Gasteiger partial charge in [-0.25, -0.2) is 0 Å². The quantitative estimate of drug-likeness (QED) is 0.261. The van der Waals surface area contributed by atoms with E-state index >= 15 is 0 Å². The van der Waals surface area contributed by atoms with Gasteiger partial charge in [0.2, 0.25) is 0 Å². The fraction of sp³-hybridized carbons (Fsp3) is 0.812. The van der Waals surface area contributed by atoms with Crippen molar-refractivity contribution in [1.82, 2.24) is 0 Å². The first-order valence-electron chi connectivity index (χ1n) is 7.56. The number of allylic oxidation sites excluding steroid dienone is 2. The van der Waals surface area contributed by atoms with Crippen LogP contribution in [0.5, 0.6) is 0 Å². The maximum absolute atomic E-state index is 10.5. The lowest BCUT2D eigenvalue weighted by molar-refractivity contribution is -0.107. The average molecular weight is 317 g/mol. The van der Waals surface area contributed by atoms with Crippen LogP contribution in [0.3, 0.4) is 0 Å². The molecule has 0 saturated carbocycles. The molecule has 0 N–H and O–H groups in total. The van der Waals surface area contributed by atoms with Gasteiger partial charge in [-0.2, -0.15) is 0 Å². The van der Waals surface area contributed by atoms with E-state index < -0.39 is 8.32 Å². The van der Waals surface area contributed by atoms with Crippen molar-refractivity contribution in [3.63, 3.8) is 0 Å². The van der Waals surface area contributed by atoms with Crippen molar-refractivity contribution in [2.45, 2.75) is 71.2 Å². The van der Waals surface area contributed by atoms with Crippen LogP contribution in [0.2, 0.25) is 18.1 Å². The van der Waals surface area contributed by atoms with Crippen LogP contribution in [0.15, 0.2) is 11.8 Å². The molecule has 0 aromatic rings. The fourth-order valence-electron chi connectivity index (χ4n) is 1.63. The molecule has 0 aliphatic carbocycles. The van der Waals surface area contributed by atoms with Gasteiger partial charge >= 0.3 is 0 Å². The Hall–Kier alpha value is -0.653. The van der Waals surface area contributed by atoms with Crippen LogP contribution < -0.4 is 0 Å². The molecule has 21 heavy (non-hydrogen) atoms. The first-order chi connectivity index (χ1) is 9.64. The molecule has 0 bridgehead atoms. The highest BCUT2D eigenvalue weighted by Gasteiger charge is 2.38. The van der Waals surface area contributed by atoms with Gasteiger partial charge in [-0.05, 0) is 37.6 Å². The molecule has 0 aromatic carbocycles. The van der Waals surface area contributed by atoms with Crippen molar-refractivity contribution in [2.75, 3.05) is 13.9 Å². The fourth-order valence-corrected chi connectivity index (χ4v) is 3.11. The molecule has 0 radical (unpaired) electrons. The Morgan fingerprint density at radius 1 is 1.29 bits per heavy atom. The van der Waals surface area contributed by atoms with E-state index in [9.17, 15) is 4.79 Å². The van der Waals surface area contributed by atoms with Crippen molar-refractivity contribution >= 4 is 14.6 Å². The molecule has 124 valence electrons. The zero-order valence-electron chi connectivity index (χ0n) is 14.7. The minimum atomic E-state index is -1.73. The zero-order chi connectivity index (χ0) is 16.5. The summed E-state index contributed by atoms with van der Waals surface area (Å²) in [5, 5.41) is 0.212. The minimum absolute atomic E-state index is 0.177. The molecule has 0 heterocycles. The smallest absolute Gasteiger partial charge is 0.192 e.